The Morgan fingerprint density at radius 1 is 1.71 bits per heavy atom. The van der Waals surface area contributed by atoms with Crippen molar-refractivity contribution in [2.45, 2.75) is 18.1 Å². The largest absolute Gasteiger partial charge is 0.178 e. The zero-order chi connectivity index (χ0) is 5.11. The van der Waals surface area contributed by atoms with Gasteiger partial charge in [0.1, 0.15) is 0 Å². The second-order valence-electron chi connectivity index (χ2n) is 1.82. The molecule has 1 unspecified atom stereocenters. The second-order valence-corrected chi connectivity index (χ2v) is 3.59. The van der Waals surface area contributed by atoms with Crippen LogP contribution < -0.4 is 0 Å². The van der Waals surface area contributed by atoms with Gasteiger partial charge < -0.3 is 0 Å². The summed E-state index contributed by atoms with van der Waals surface area (Å²) in [4.78, 5) is 0. The lowest BCUT2D eigenvalue weighted by molar-refractivity contribution is 0.846. The van der Waals surface area contributed by atoms with Gasteiger partial charge in [0.2, 0.25) is 0 Å². The van der Waals surface area contributed by atoms with Crippen LogP contribution in [0, 0.1) is 0 Å². The molecule has 42 valence electrons. The highest BCUT2D eigenvalue weighted by atomic mass is 32.2. The van der Waals surface area contributed by atoms with Crippen molar-refractivity contribution in [2.24, 2.45) is 0 Å². The fraction of sp³-hybridized carbons (Fsp3) is 1.00. The molecule has 2 heteroatoms. The van der Waals surface area contributed by atoms with E-state index in [9.17, 15) is 0 Å². The van der Waals surface area contributed by atoms with Crippen LogP contribution >= 0.6 is 24.4 Å². The van der Waals surface area contributed by atoms with Gasteiger partial charge in [0.25, 0.3) is 0 Å². The fourth-order valence-corrected chi connectivity index (χ4v) is 2.39. The van der Waals surface area contributed by atoms with Gasteiger partial charge in [-0.25, -0.2) is 0 Å². The Morgan fingerprint density at radius 3 is 2.86 bits per heavy atom. The van der Waals surface area contributed by atoms with Crippen molar-refractivity contribution in [3.05, 3.63) is 0 Å². The fourth-order valence-electron chi connectivity index (χ4n) is 0.788. The Balaban J connectivity index is 2.14. The molecule has 1 aliphatic rings. The van der Waals surface area contributed by atoms with Gasteiger partial charge >= 0.3 is 0 Å². The zero-order valence-electron chi connectivity index (χ0n) is 4.26. The first-order valence-electron chi connectivity index (χ1n) is 2.66. The lowest BCUT2D eigenvalue weighted by atomic mass is 10.3. The molecule has 0 radical (unpaired) electrons. The number of hydrogen-bond donors (Lipinski definition) is 1. The molecule has 0 aliphatic carbocycles. The van der Waals surface area contributed by atoms with Gasteiger partial charge in [0.05, 0.1) is 0 Å². The highest BCUT2D eigenvalue weighted by Gasteiger charge is 2.12. The molecule has 1 aliphatic heterocycles. The highest BCUT2D eigenvalue weighted by Crippen LogP contribution is 2.26. The van der Waals surface area contributed by atoms with Crippen LogP contribution in [0.25, 0.3) is 0 Å². The number of rotatable bonds is 1. The molecular weight excluding hydrogens is 124 g/mol. The standard InChI is InChI=1S/C5H10S2/c6-4-5-2-1-3-7-5/h5-6H,1-4H2. The van der Waals surface area contributed by atoms with Gasteiger partial charge in [-0.05, 0) is 18.6 Å². The smallest absolute Gasteiger partial charge is 0.0135 e. The molecule has 0 aromatic rings. The van der Waals surface area contributed by atoms with E-state index in [2.05, 4.69) is 24.4 Å². The first-order valence-corrected chi connectivity index (χ1v) is 4.34. The van der Waals surface area contributed by atoms with Crippen molar-refractivity contribution >= 4 is 24.4 Å². The number of hydrogen-bond acceptors (Lipinski definition) is 2. The van der Waals surface area contributed by atoms with Gasteiger partial charge in [-0.2, -0.15) is 24.4 Å². The summed E-state index contributed by atoms with van der Waals surface area (Å²) in [6.07, 6.45) is 2.81. The summed E-state index contributed by atoms with van der Waals surface area (Å²) in [5.74, 6) is 2.44. The molecule has 0 amide bonds. The van der Waals surface area contributed by atoms with E-state index < -0.39 is 0 Å². The Kier molecular flexibility index (Phi) is 2.40. The first kappa shape index (κ1) is 5.83. The van der Waals surface area contributed by atoms with E-state index in [4.69, 9.17) is 0 Å². The van der Waals surface area contributed by atoms with Crippen molar-refractivity contribution < 1.29 is 0 Å². The lowest BCUT2D eigenvalue weighted by Gasteiger charge is -1.98. The van der Waals surface area contributed by atoms with E-state index in [-0.39, 0.29) is 0 Å². The molecule has 1 rings (SSSR count). The minimum absolute atomic E-state index is 0.878. The van der Waals surface area contributed by atoms with Gasteiger partial charge in [-0.1, -0.05) is 0 Å². The van der Waals surface area contributed by atoms with E-state index in [1.165, 1.54) is 18.6 Å². The molecule has 0 aromatic heterocycles. The normalized spacial score (nSPS) is 31.3. The summed E-state index contributed by atoms with van der Waals surface area (Å²) >= 11 is 6.26. The quantitative estimate of drug-likeness (QED) is 0.534. The SMILES string of the molecule is SCC1CCCS1. The van der Waals surface area contributed by atoms with Crippen molar-refractivity contribution in [1.29, 1.82) is 0 Å². The van der Waals surface area contributed by atoms with Crippen LogP contribution in [-0.2, 0) is 0 Å². The van der Waals surface area contributed by atoms with Crippen LogP contribution in [-0.4, -0.2) is 16.8 Å². The third kappa shape index (κ3) is 1.57. The molecule has 1 saturated heterocycles. The Morgan fingerprint density at radius 2 is 2.57 bits per heavy atom. The maximum Gasteiger partial charge on any atom is 0.0135 e. The summed E-state index contributed by atoms with van der Waals surface area (Å²) in [6.45, 7) is 0. The molecule has 1 heterocycles. The average Bonchev–Trinajstić information content (AvgIpc) is 2.14. The monoisotopic (exact) mass is 134 g/mol. The summed E-state index contributed by atoms with van der Waals surface area (Å²) in [5, 5.41) is 0.878. The second kappa shape index (κ2) is 2.88. The van der Waals surface area contributed by atoms with Gasteiger partial charge in [0, 0.05) is 11.0 Å². The van der Waals surface area contributed by atoms with Gasteiger partial charge in [0.15, 0.2) is 0 Å². The highest BCUT2D eigenvalue weighted by molar-refractivity contribution is 8.00. The Labute approximate surface area is 54.5 Å². The third-order valence-electron chi connectivity index (χ3n) is 1.23. The maximum atomic E-state index is 4.19. The van der Waals surface area contributed by atoms with E-state index in [1.54, 1.807) is 0 Å². The van der Waals surface area contributed by atoms with Crippen LogP contribution in [0.2, 0.25) is 0 Å². The summed E-state index contributed by atoms with van der Waals surface area (Å²) < 4.78 is 0. The molecule has 1 fully saturated rings. The molecule has 0 nitrogen and oxygen atoms in total. The Bertz CT molecular complexity index is 48.0. The summed E-state index contributed by atoms with van der Waals surface area (Å²) in [5.41, 5.74) is 0. The molecule has 1 atom stereocenters. The molecule has 0 bridgehead atoms. The molecule has 0 N–H and O–H groups in total. The minimum atomic E-state index is 0.878. The van der Waals surface area contributed by atoms with Crippen molar-refractivity contribution in [1.82, 2.24) is 0 Å². The van der Waals surface area contributed by atoms with Crippen molar-refractivity contribution in [3.63, 3.8) is 0 Å². The van der Waals surface area contributed by atoms with Crippen LogP contribution in [0.1, 0.15) is 12.8 Å². The predicted octanol–water partition coefficient (Wildman–Crippen LogP) is 1.81. The average molecular weight is 134 g/mol. The molecule has 0 saturated carbocycles. The molecule has 7 heavy (non-hydrogen) atoms. The van der Waals surface area contributed by atoms with Crippen LogP contribution in [0.4, 0.5) is 0 Å². The summed E-state index contributed by atoms with van der Waals surface area (Å²) in [6, 6.07) is 0. The summed E-state index contributed by atoms with van der Waals surface area (Å²) in [7, 11) is 0. The Hall–Kier alpha value is 0.700. The number of thiol groups is 1. The van der Waals surface area contributed by atoms with Gasteiger partial charge in [-0.3, -0.25) is 0 Å². The van der Waals surface area contributed by atoms with Crippen LogP contribution in [0.5, 0.6) is 0 Å². The molecular formula is C5H10S2. The van der Waals surface area contributed by atoms with Crippen molar-refractivity contribution in [3.8, 4) is 0 Å². The van der Waals surface area contributed by atoms with Gasteiger partial charge in [-0.15, -0.1) is 0 Å². The lowest BCUT2D eigenvalue weighted by Crippen LogP contribution is -1.95. The first-order chi connectivity index (χ1) is 3.43. The molecule has 0 aromatic carbocycles. The minimum Gasteiger partial charge on any atom is -0.178 e. The van der Waals surface area contributed by atoms with E-state index >= 15 is 0 Å². The van der Waals surface area contributed by atoms with Crippen LogP contribution in [0.15, 0.2) is 0 Å². The van der Waals surface area contributed by atoms with E-state index in [0.717, 1.165) is 11.0 Å². The van der Waals surface area contributed by atoms with E-state index in [0.29, 0.717) is 0 Å². The number of thioether (sulfide) groups is 1. The maximum absolute atomic E-state index is 4.19. The third-order valence-corrected chi connectivity index (χ3v) is 3.31. The predicted molar refractivity (Wildman–Crippen MR) is 39.3 cm³/mol. The van der Waals surface area contributed by atoms with E-state index in [1.807, 2.05) is 0 Å². The van der Waals surface area contributed by atoms with Crippen LogP contribution in [0.3, 0.4) is 0 Å². The topological polar surface area (TPSA) is 0 Å². The zero-order valence-corrected chi connectivity index (χ0v) is 5.97. The van der Waals surface area contributed by atoms with Crippen molar-refractivity contribution in [2.75, 3.05) is 11.5 Å². The molecule has 0 spiro atoms.